The molecule has 1 aromatic carbocycles. The number of benzene rings is 1. The normalized spacial score (nSPS) is 19.9. The first-order chi connectivity index (χ1) is 18.7. The van der Waals surface area contributed by atoms with E-state index in [1.165, 1.54) is 11.1 Å². The van der Waals surface area contributed by atoms with Gasteiger partial charge >= 0.3 is 12.0 Å². The molecule has 2 fully saturated rings. The highest BCUT2D eigenvalue weighted by molar-refractivity contribution is 5.76. The van der Waals surface area contributed by atoms with Gasteiger partial charge in [-0.25, -0.2) is 4.79 Å². The standard InChI is InChI=1S/C31H43N5O3/c1-23(19-33-13-10-24-6-4-5-7-25(24)21-33)20-35-16-17-36(30(35)39)22-27-8-9-28(18-32-27)34-14-11-26(12-15-34)31(2,3)29(37)38/h4-9,18,23,26H,10-17,19-22H2,1-3H3,(H,37,38)/t23-/m1/s1. The highest BCUT2D eigenvalue weighted by Crippen LogP contribution is 2.36. The SMILES string of the molecule is C[C@H](CN1CCc2ccccc2C1)CN1CCN(Cc2ccc(N3CCC(C(C)(C)C(=O)O)CC3)cn2)C1=O. The van der Waals surface area contributed by atoms with Crippen LogP contribution < -0.4 is 4.90 Å². The highest BCUT2D eigenvalue weighted by atomic mass is 16.4. The Kier molecular flexibility index (Phi) is 8.12. The molecule has 1 atom stereocenters. The van der Waals surface area contributed by atoms with Gasteiger partial charge in [0.15, 0.2) is 0 Å². The second-order valence-electron chi connectivity index (χ2n) is 12.3. The summed E-state index contributed by atoms with van der Waals surface area (Å²) in [6.45, 7) is 13.5. The van der Waals surface area contributed by atoms with Gasteiger partial charge in [-0.3, -0.25) is 14.7 Å². The summed E-state index contributed by atoms with van der Waals surface area (Å²) in [5.74, 6) is -0.117. The minimum absolute atomic E-state index is 0.111. The van der Waals surface area contributed by atoms with Crippen LogP contribution in [0.5, 0.6) is 0 Å². The number of rotatable bonds is 9. The van der Waals surface area contributed by atoms with E-state index in [0.717, 1.165) is 83.0 Å². The molecule has 2 aromatic rings. The lowest BCUT2D eigenvalue weighted by molar-refractivity contribution is -0.150. The lowest BCUT2D eigenvalue weighted by Gasteiger charge is -2.39. The number of hydrogen-bond donors (Lipinski definition) is 1. The summed E-state index contributed by atoms with van der Waals surface area (Å²) in [5.41, 5.74) is 4.18. The molecule has 0 saturated carbocycles. The van der Waals surface area contributed by atoms with Crippen molar-refractivity contribution in [2.24, 2.45) is 17.3 Å². The van der Waals surface area contributed by atoms with Crippen molar-refractivity contribution in [1.29, 1.82) is 0 Å². The molecule has 5 rings (SSSR count). The summed E-state index contributed by atoms with van der Waals surface area (Å²) in [6, 6.07) is 12.9. The van der Waals surface area contributed by atoms with Crippen LogP contribution >= 0.6 is 0 Å². The molecule has 0 bridgehead atoms. The van der Waals surface area contributed by atoms with E-state index in [1.807, 2.05) is 35.9 Å². The second-order valence-corrected chi connectivity index (χ2v) is 12.3. The predicted octanol–water partition coefficient (Wildman–Crippen LogP) is 4.34. The van der Waals surface area contributed by atoms with Gasteiger partial charge in [-0.1, -0.05) is 31.2 Å². The molecule has 210 valence electrons. The molecule has 1 aromatic heterocycles. The molecule has 1 N–H and O–H groups in total. The number of carboxylic acid groups (broad SMARTS) is 1. The van der Waals surface area contributed by atoms with Crippen molar-refractivity contribution >= 4 is 17.7 Å². The fourth-order valence-electron chi connectivity index (χ4n) is 6.46. The van der Waals surface area contributed by atoms with Gasteiger partial charge in [0, 0.05) is 52.4 Å². The number of carbonyl (C=O) groups excluding carboxylic acids is 1. The van der Waals surface area contributed by atoms with E-state index in [1.54, 1.807) is 0 Å². The third-order valence-electron chi connectivity index (χ3n) is 9.09. The summed E-state index contributed by atoms with van der Waals surface area (Å²) in [4.78, 5) is 38.1. The quantitative estimate of drug-likeness (QED) is 0.517. The molecule has 3 aliphatic rings. The van der Waals surface area contributed by atoms with Crippen molar-refractivity contribution in [3.8, 4) is 0 Å². The number of aliphatic carboxylic acids is 1. The third kappa shape index (κ3) is 6.21. The van der Waals surface area contributed by atoms with E-state index in [4.69, 9.17) is 0 Å². The molecule has 4 heterocycles. The van der Waals surface area contributed by atoms with E-state index in [9.17, 15) is 14.7 Å². The number of fused-ring (bicyclic) bond motifs is 1. The summed E-state index contributed by atoms with van der Waals surface area (Å²) < 4.78 is 0. The number of anilines is 1. The Balaban J connectivity index is 1.08. The molecule has 8 heteroatoms. The zero-order valence-electron chi connectivity index (χ0n) is 23.7. The van der Waals surface area contributed by atoms with Gasteiger partial charge in [0.2, 0.25) is 0 Å². The first-order valence-electron chi connectivity index (χ1n) is 14.5. The van der Waals surface area contributed by atoms with Gasteiger partial charge in [0.1, 0.15) is 0 Å². The smallest absolute Gasteiger partial charge is 0.320 e. The lowest BCUT2D eigenvalue weighted by atomic mass is 9.73. The molecule has 0 aliphatic carbocycles. The first-order valence-corrected chi connectivity index (χ1v) is 14.5. The van der Waals surface area contributed by atoms with Gasteiger partial charge < -0.3 is 19.8 Å². The average Bonchev–Trinajstić information content (AvgIpc) is 3.27. The van der Waals surface area contributed by atoms with Crippen LogP contribution in [-0.2, 0) is 24.3 Å². The molecule has 0 spiro atoms. The van der Waals surface area contributed by atoms with Crippen LogP contribution in [-0.4, -0.2) is 82.6 Å². The Bertz CT molecular complexity index is 1160. The number of urea groups is 1. The highest BCUT2D eigenvalue weighted by Gasteiger charge is 2.38. The Labute approximate surface area is 232 Å². The minimum Gasteiger partial charge on any atom is -0.481 e. The van der Waals surface area contributed by atoms with E-state index < -0.39 is 11.4 Å². The number of aromatic nitrogens is 1. The maximum atomic E-state index is 13.1. The molecule has 3 aliphatic heterocycles. The largest absolute Gasteiger partial charge is 0.481 e. The third-order valence-corrected chi connectivity index (χ3v) is 9.09. The lowest BCUT2D eigenvalue weighted by Crippen LogP contribution is -2.42. The van der Waals surface area contributed by atoms with E-state index in [2.05, 4.69) is 52.0 Å². The molecule has 39 heavy (non-hydrogen) atoms. The maximum absolute atomic E-state index is 13.1. The van der Waals surface area contributed by atoms with Crippen LogP contribution in [0.4, 0.5) is 10.5 Å². The zero-order valence-corrected chi connectivity index (χ0v) is 23.7. The number of nitrogens with zero attached hydrogens (tertiary/aromatic N) is 5. The predicted molar refractivity (Wildman–Crippen MR) is 153 cm³/mol. The fraction of sp³-hybridized carbons (Fsp3) is 0.581. The summed E-state index contributed by atoms with van der Waals surface area (Å²) in [7, 11) is 0. The summed E-state index contributed by atoms with van der Waals surface area (Å²) >= 11 is 0. The van der Waals surface area contributed by atoms with Crippen LogP contribution in [0.25, 0.3) is 0 Å². The number of carboxylic acids is 1. The van der Waals surface area contributed by atoms with Gasteiger partial charge in [-0.05, 0) is 68.2 Å². The van der Waals surface area contributed by atoms with Crippen molar-refractivity contribution < 1.29 is 14.7 Å². The molecule has 8 nitrogen and oxygen atoms in total. The van der Waals surface area contributed by atoms with Gasteiger partial charge in [0.25, 0.3) is 0 Å². The van der Waals surface area contributed by atoms with Gasteiger partial charge in [-0.15, -0.1) is 0 Å². The summed E-state index contributed by atoms with van der Waals surface area (Å²) in [5, 5.41) is 9.54. The number of hydrogen-bond acceptors (Lipinski definition) is 5. The Morgan fingerprint density at radius 3 is 2.41 bits per heavy atom. The number of amides is 2. The Hall–Kier alpha value is -3.13. The number of carbonyl (C=O) groups is 2. The second kappa shape index (κ2) is 11.5. The Morgan fingerprint density at radius 2 is 1.72 bits per heavy atom. The van der Waals surface area contributed by atoms with Crippen molar-refractivity contribution in [3.63, 3.8) is 0 Å². The molecular formula is C31H43N5O3. The maximum Gasteiger partial charge on any atom is 0.320 e. The van der Waals surface area contributed by atoms with Crippen LogP contribution in [0.1, 0.15) is 50.4 Å². The van der Waals surface area contributed by atoms with Crippen molar-refractivity contribution in [2.45, 2.75) is 53.1 Å². The molecule has 0 radical (unpaired) electrons. The first kappa shape index (κ1) is 27.4. The Morgan fingerprint density at radius 1 is 1.00 bits per heavy atom. The minimum atomic E-state index is -0.718. The molecule has 0 unspecified atom stereocenters. The monoisotopic (exact) mass is 533 g/mol. The zero-order chi connectivity index (χ0) is 27.6. The van der Waals surface area contributed by atoms with E-state index in [-0.39, 0.29) is 11.9 Å². The fourth-order valence-corrected chi connectivity index (χ4v) is 6.46. The van der Waals surface area contributed by atoms with Crippen LogP contribution in [0.15, 0.2) is 42.6 Å². The molecule has 2 amide bonds. The average molecular weight is 534 g/mol. The van der Waals surface area contributed by atoms with Gasteiger partial charge in [-0.2, -0.15) is 0 Å². The van der Waals surface area contributed by atoms with Crippen LogP contribution in [0, 0.1) is 17.3 Å². The summed E-state index contributed by atoms with van der Waals surface area (Å²) in [6.07, 6.45) is 4.73. The number of pyridine rings is 1. The van der Waals surface area contributed by atoms with Crippen molar-refractivity contribution in [2.75, 3.05) is 50.7 Å². The van der Waals surface area contributed by atoms with Crippen molar-refractivity contribution in [1.82, 2.24) is 19.7 Å². The van der Waals surface area contributed by atoms with Crippen molar-refractivity contribution in [3.05, 3.63) is 59.4 Å². The van der Waals surface area contributed by atoms with E-state index >= 15 is 0 Å². The number of piperidine rings is 1. The topological polar surface area (TPSA) is 80.2 Å². The molecular weight excluding hydrogens is 490 g/mol. The molecule has 2 saturated heterocycles. The van der Waals surface area contributed by atoms with E-state index in [0.29, 0.717) is 12.5 Å². The van der Waals surface area contributed by atoms with Crippen LogP contribution in [0.3, 0.4) is 0 Å². The van der Waals surface area contributed by atoms with Crippen LogP contribution in [0.2, 0.25) is 0 Å². The van der Waals surface area contributed by atoms with Gasteiger partial charge in [0.05, 0.1) is 29.5 Å².